The number of likely N-dealkylation sites (tertiary alicyclic amines) is 2. The van der Waals surface area contributed by atoms with E-state index in [4.69, 9.17) is 28.9 Å². The number of aromatic amines is 2. The Morgan fingerprint density at radius 3 is 1.43 bits per heavy atom. The van der Waals surface area contributed by atoms with Crippen molar-refractivity contribution in [3.63, 3.8) is 0 Å². The smallest absolute Gasteiger partial charge is 0.408 e. The van der Waals surface area contributed by atoms with E-state index in [1.807, 2.05) is 72.8 Å². The zero-order valence-corrected chi connectivity index (χ0v) is 38.4. The van der Waals surface area contributed by atoms with Gasteiger partial charge in [-0.3, -0.25) is 9.59 Å². The van der Waals surface area contributed by atoms with E-state index in [0.717, 1.165) is 69.1 Å². The number of H-pyrrole nitrogens is 2. The van der Waals surface area contributed by atoms with Gasteiger partial charge in [-0.1, -0.05) is 60.7 Å². The number of aromatic nitrogens is 4. The van der Waals surface area contributed by atoms with Crippen molar-refractivity contribution in [1.29, 1.82) is 0 Å². The molecule has 0 unspecified atom stereocenters. The highest BCUT2D eigenvalue weighted by Crippen LogP contribution is 2.51. The third-order valence-corrected chi connectivity index (χ3v) is 12.9. The fraction of sp³-hybridized carbons (Fsp3) is 0.346. The van der Waals surface area contributed by atoms with E-state index in [1.54, 1.807) is 49.9 Å². The van der Waals surface area contributed by atoms with Crippen LogP contribution in [-0.4, -0.2) is 79.0 Å². The molecule has 4 aliphatic heterocycles. The monoisotopic (exact) mass is 918 g/mol. The van der Waals surface area contributed by atoms with Gasteiger partial charge in [0.2, 0.25) is 0 Å². The molecule has 0 radical (unpaired) electrons. The Kier molecular flexibility index (Phi) is 12.1. The Labute approximate surface area is 393 Å². The van der Waals surface area contributed by atoms with E-state index < -0.39 is 24.3 Å². The van der Waals surface area contributed by atoms with Gasteiger partial charge < -0.3 is 49.3 Å². The van der Waals surface area contributed by atoms with E-state index in [1.165, 1.54) is 0 Å². The summed E-state index contributed by atoms with van der Waals surface area (Å²) >= 11 is 0. The van der Waals surface area contributed by atoms with Gasteiger partial charge in [-0.2, -0.15) is 0 Å². The Balaban J connectivity index is 0.867. The second-order valence-electron chi connectivity index (χ2n) is 18.2. The van der Waals surface area contributed by atoms with Crippen LogP contribution in [0.5, 0.6) is 11.5 Å². The molecule has 0 saturated carbocycles. The van der Waals surface area contributed by atoms with Gasteiger partial charge in [0, 0.05) is 46.5 Å². The van der Waals surface area contributed by atoms with E-state index in [2.05, 4.69) is 32.7 Å². The predicted octanol–water partition coefficient (Wildman–Crippen LogP) is 9.00. The van der Waals surface area contributed by atoms with Gasteiger partial charge in [0.25, 0.3) is 11.8 Å². The molecule has 4 aliphatic rings. The summed E-state index contributed by atoms with van der Waals surface area (Å²) in [5.74, 6) is 2.36. The molecule has 16 heteroatoms. The molecule has 4 amide bonds. The zero-order chi connectivity index (χ0) is 47.1. The van der Waals surface area contributed by atoms with Gasteiger partial charge in [0.15, 0.2) is 0 Å². The third-order valence-electron chi connectivity index (χ3n) is 12.9. The molecule has 0 bridgehead atoms. The van der Waals surface area contributed by atoms with Crippen molar-refractivity contribution in [2.75, 3.05) is 13.1 Å². The summed E-state index contributed by atoms with van der Waals surface area (Å²) in [6.07, 6.45) is 4.61. The van der Waals surface area contributed by atoms with Gasteiger partial charge in [-0.25, -0.2) is 19.6 Å². The van der Waals surface area contributed by atoms with Gasteiger partial charge in [0.05, 0.1) is 48.1 Å². The summed E-state index contributed by atoms with van der Waals surface area (Å²) < 4.78 is 23.7. The molecule has 2 fully saturated rings. The lowest BCUT2D eigenvalue weighted by molar-refractivity contribution is -0.135. The van der Waals surface area contributed by atoms with Crippen LogP contribution in [0.1, 0.15) is 111 Å². The maximum Gasteiger partial charge on any atom is 0.408 e. The zero-order valence-electron chi connectivity index (χ0n) is 38.4. The van der Waals surface area contributed by atoms with Crippen molar-refractivity contribution in [2.45, 2.75) is 103 Å². The third kappa shape index (κ3) is 8.73. The number of nitrogens with one attached hydrogen (secondary N) is 4. The van der Waals surface area contributed by atoms with Crippen molar-refractivity contribution >= 4 is 24.0 Å². The minimum atomic E-state index is -0.920. The van der Waals surface area contributed by atoms with Crippen LogP contribution in [0.25, 0.3) is 33.6 Å². The number of hydrogen-bond donors (Lipinski definition) is 4. The highest BCUT2D eigenvalue weighted by Gasteiger charge is 2.39. The standard InChI is InChI=1S/C52H54N8O8/c1-29(2)67-51(63)57-45(31-13-7-5-8-14-31)49(61)59-19-11-17-39(59)47-53-25-37(55-47)33-21-35-27-66-42-24-34(22-36-28-65-41(23-33)43(35)44(36)42)38-26-54-48(56-38)40-18-12-20-60(40)50(62)46(32-15-9-6-10-16-32)58-52(64)68-30(3)4/h5-10,13-16,21-26,29-30,39-40,45-46H,11-12,17-20,27-28H2,1-4H3,(H,53,55)(H,54,56)(H,57,63)(H,58,64)/t39-,40-,45+,46+/m0/s1. The van der Waals surface area contributed by atoms with E-state index in [-0.39, 0.29) is 36.1 Å². The molecule has 2 saturated heterocycles. The maximum atomic E-state index is 14.2. The lowest BCUT2D eigenvalue weighted by Gasteiger charge is -2.30. The molecule has 0 spiro atoms. The SMILES string of the molecule is CC(C)OC(=O)N[C@@H](C(=O)N1CCC[C@H]1c1ncc(-c2cc3c4c(c2)OCc2cc(-c5cnc([C@@H]6CCCN6C(=O)[C@H](NC(=O)OC(C)C)c6ccccc6)[nH]5)cc(c2-4)OC3)[nH]1)c1ccccc1. The number of imidazole rings is 2. The first-order valence-corrected chi connectivity index (χ1v) is 23.3. The number of ether oxygens (including phenoxy) is 4. The van der Waals surface area contributed by atoms with Crippen molar-refractivity contribution in [3.05, 3.63) is 131 Å². The molecular formula is C52H54N8O8. The summed E-state index contributed by atoms with van der Waals surface area (Å²) in [5.41, 5.74) is 8.61. The van der Waals surface area contributed by atoms with Gasteiger partial charge >= 0.3 is 12.2 Å². The molecule has 0 aliphatic carbocycles. The molecule has 4 aromatic carbocycles. The van der Waals surface area contributed by atoms with Crippen LogP contribution in [0.3, 0.4) is 0 Å². The minimum absolute atomic E-state index is 0.229. The lowest BCUT2D eigenvalue weighted by Crippen LogP contribution is -2.43. The molecule has 16 nitrogen and oxygen atoms in total. The Morgan fingerprint density at radius 1 is 0.618 bits per heavy atom. The van der Waals surface area contributed by atoms with Crippen LogP contribution < -0.4 is 20.1 Å². The lowest BCUT2D eigenvalue weighted by atomic mass is 9.87. The summed E-state index contributed by atoms with van der Waals surface area (Å²) in [6, 6.07) is 24.2. The minimum Gasteiger partial charge on any atom is -0.488 e. The maximum absolute atomic E-state index is 14.2. The van der Waals surface area contributed by atoms with Crippen molar-refractivity contribution in [1.82, 2.24) is 40.4 Å². The number of carbonyl (C=O) groups is 4. The second kappa shape index (κ2) is 18.6. The first-order valence-electron chi connectivity index (χ1n) is 23.3. The fourth-order valence-electron chi connectivity index (χ4n) is 9.86. The van der Waals surface area contributed by atoms with Crippen LogP contribution in [0, 0.1) is 0 Å². The number of carbonyl (C=O) groups excluding carboxylic acids is 4. The van der Waals surface area contributed by atoms with Gasteiger partial charge in [-0.05, 0) is 88.8 Å². The Bertz CT molecular complexity index is 2620. The average Bonchev–Trinajstić information content (AvgIpc) is 4.19. The van der Waals surface area contributed by atoms with E-state index in [9.17, 15) is 19.2 Å². The Morgan fingerprint density at radius 2 is 1.03 bits per heavy atom. The molecule has 6 heterocycles. The van der Waals surface area contributed by atoms with Gasteiger partial charge in [0.1, 0.15) is 48.4 Å². The fourth-order valence-corrected chi connectivity index (χ4v) is 9.86. The van der Waals surface area contributed by atoms with Gasteiger partial charge in [-0.15, -0.1) is 0 Å². The van der Waals surface area contributed by atoms with Crippen molar-refractivity contribution < 1.29 is 38.1 Å². The summed E-state index contributed by atoms with van der Waals surface area (Å²) in [4.78, 5) is 74.2. The van der Waals surface area contributed by atoms with Crippen LogP contribution in [0.4, 0.5) is 9.59 Å². The molecule has 350 valence electrons. The molecule has 4 N–H and O–H groups in total. The van der Waals surface area contributed by atoms with Crippen LogP contribution in [-0.2, 0) is 32.3 Å². The van der Waals surface area contributed by atoms with Crippen LogP contribution in [0.15, 0.2) is 97.3 Å². The first-order chi connectivity index (χ1) is 33.0. The largest absolute Gasteiger partial charge is 0.488 e. The quantitative estimate of drug-likeness (QED) is 0.0921. The molecule has 4 atom stereocenters. The number of nitrogens with zero attached hydrogens (tertiary/aromatic N) is 4. The summed E-state index contributed by atoms with van der Waals surface area (Å²) in [7, 11) is 0. The second-order valence-corrected chi connectivity index (χ2v) is 18.2. The topological polar surface area (TPSA) is 193 Å². The average molecular weight is 919 g/mol. The molecule has 68 heavy (non-hydrogen) atoms. The Hall–Kier alpha value is -7.62. The highest BCUT2D eigenvalue weighted by molar-refractivity contribution is 5.90. The van der Waals surface area contributed by atoms with Crippen LogP contribution >= 0.6 is 0 Å². The molecule has 2 aromatic heterocycles. The summed E-state index contributed by atoms with van der Waals surface area (Å²) in [5, 5.41) is 5.61. The molecule has 6 aromatic rings. The number of alkyl carbamates (subject to hydrolysis) is 2. The van der Waals surface area contributed by atoms with Crippen LogP contribution in [0.2, 0.25) is 0 Å². The number of amides is 4. The van der Waals surface area contributed by atoms with E-state index in [0.29, 0.717) is 61.9 Å². The predicted molar refractivity (Wildman–Crippen MR) is 251 cm³/mol. The molecule has 10 rings (SSSR count). The number of rotatable bonds is 12. The van der Waals surface area contributed by atoms with Crippen molar-refractivity contribution in [2.24, 2.45) is 0 Å². The van der Waals surface area contributed by atoms with Crippen molar-refractivity contribution in [3.8, 4) is 45.1 Å². The first kappa shape index (κ1) is 44.2. The van der Waals surface area contributed by atoms with E-state index >= 15 is 0 Å². The molecular weight excluding hydrogens is 865 g/mol. The number of hydrogen-bond acceptors (Lipinski definition) is 10. The summed E-state index contributed by atoms with van der Waals surface area (Å²) in [6.45, 7) is 8.75. The highest BCUT2D eigenvalue weighted by atomic mass is 16.6. The normalized spacial score (nSPS) is 17.8. The number of benzene rings is 4.